The number of rotatable bonds is 18. The molecule has 4 fully saturated rings. The van der Waals surface area contributed by atoms with E-state index in [0.717, 1.165) is 49.8 Å². The Kier molecular flexibility index (Phi) is 14.1. The summed E-state index contributed by atoms with van der Waals surface area (Å²) in [5.74, 6) is -4.36. The van der Waals surface area contributed by atoms with Crippen molar-refractivity contribution < 1.29 is 57.3 Å². The lowest BCUT2D eigenvalue weighted by molar-refractivity contribution is -0.177. The van der Waals surface area contributed by atoms with E-state index in [4.69, 9.17) is 18.9 Å². The van der Waals surface area contributed by atoms with Crippen molar-refractivity contribution >= 4 is 52.9 Å². The minimum absolute atomic E-state index is 0.0229. The molecule has 4 aromatic rings. The number of hydrogen-bond donors (Lipinski definition) is 2. The summed E-state index contributed by atoms with van der Waals surface area (Å²) in [5.41, 5.74) is 0.907. The summed E-state index contributed by atoms with van der Waals surface area (Å²) in [6.45, 7) is 11.5. The molecule has 2 atom stereocenters. The highest BCUT2D eigenvalue weighted by molar-refractivity contribution is 6.12. The quantitative estimate of drug-likeness (QED) is 0.0553. The van der Waals surface area contributed by atoms with Crippen LogP contribution >= 0.6 is 0 Å². The Bertz CT molecular complexity index is 2700. The topological polar surface area (TPSA) is 198 Å². The predicted octanol–water partition coefficient (Wildman–Crippen LogP) is 8.11. The Morgan fingerprint density at radius 1 is 0.632 bits per heavy atom. The molecule has 0 radical (unpaired) electrons. The van der Waals surface area contributed by atoms with Gasteiger partial charge in [0.25, 0.3) is 11.8 Å². The zero-order valence-electron chi connectivity index (χ0n) is 38.6. The molecule has 4 aliphatic rings. The lowest BCUT2D eigenvalue weighted by atomic mass is 9.48. The van der Waals surface area contributed by atoms with Gasteiger partial charge in [0.15, 0.2) is 24.8 Å². The third-order valence-electron chi connectivity index (χ3n) is 13.4. The Hall–Kier alpha value is -7.48. The number of ketones is 2. The molecule has 0 heterocycles. The number of nitrogens with one attached hydrogen (secondary N) is 2. The van der Waals surface area contributed by atoms with Gasteiger partial charge in [-0.15, -0.1) is 0 Å². The Morgan fingerprint density at radius 3 is 1.65 bits per heavy atom. The molecule has 4 bridgehead atoms. The van der Waals surface area contributed by atoms with E-state index < -0.39 is 65.5 Å². The predicted molar refractivity (Wildman–Crippen MR) is 250 cm³/mol. The second kappa shape index (κ2) is 19.8. The van der Waals surface area contributed by atoms with Crippen LogP contribution in [0.1, 0.15) is 131 Å². The third-order valence-corrected chi connectivity index (χ3v) is 13.4. The van der Waals surface area contributed by atoms with Crippen molar-refractivity contribution in [2.45, 2.75) is 70.3 Å². The van der Waals surface area contributed by atoms with Crippen molar-refractivity contribution in [1.82, 2.24) is 5.32 Å². The molecule has 352 valence electrons. The van der Waals surface area contributed by atoms with Crippen LogP contribution in [0.5, 0.6) is 0 Å². The van der Waals surface area contributed by atoms with E-state index >= 15 is 0 Å². The highest BCUT2D eigenvalue weighted by Crippen LogP contribution is 2.63. The van der Waals surface area contributed by atoms with Crippen molar-refractivity contribution in [3.8, 4) is 0 Å². The first-order valence-electron chi connectivity index (χ1n) is 22.4. The molecule has 68 heavy (non-hydrogen) atoms. The first-order valence-corrected chi connectivity index (χ1v) is 22.4. The third kappa shape index (κ3) is 10.5. The fraction of sp³-hybridized carbons (Fsp3) is 0.333. The summed E-state index contributed by atoms with van der Waals surface area (Å²) in [6.07, 6.45) is 7.00. The highest BCUT2D eigenvalue weighted by atomic mass is 16.6. The number of esters is 4. The van der Waals surface area contributed by atoms with Crippen LogP contribution < -0.4 is 10.6 Å². The van der Waals surface area contributed by atoms with Crippen LogP contribution in [0, 0.1) is 24.2 Å². The van der Waals surface area contributed by atoms with Gasteiger partial charge < -0.3 is 29.6 Å². The molecule has 14 heteroatoms. The zero-order chi connectivity index (χ0) is 49.0. The summed E-state index contributed by atoms with van der Waals surface area (Å²) >= 11 is 0. The standard InChI is InChI=1S/C54H54N2O12/c1-7-40(57)28-65-50(63)42-19-15-37(22-44(42)46(59)55-6)52(4,5)38-16-20-43(51(64)66-29-41(58)8-2)45(23-38)47(60)56-39-17-13-36(14-18-39)49(62)68-54-26-33-21-34(27-54)25-53(24-33,30-54)31-67-48(61)35-11-9-32(3)10-12-35/h7-20,22-23,33-34H,1-2,21,24-31H2,3-6H3,(H,55,59)(H,56,60). The highest BCUT2D eigenvalue weighted by Gasteiger charge is 2.60. The molecular formula is C54H54N2O12. The number of anilines is 1. The van der Waals surface area contributed by atoms with Crippen molar-refractivity contribution in [3.05, 3.63) is 160 Å². The molecule has 14 nitrogen and oxygen atoms in total. The maximum absolute atomic E-state index is 14.2. The molecule has 4 saturated carbocycles. The van der Waals surface area contributed by atoms with Gasteiger partial charge in [0.1, 0.15) is 5.60 Å². The van der Waals surface area contributed by atoms with Crippen LogP contribution in [0.25, 0.3) is 0 Å². The van der Waals surface area contributed by atoms with E-state index in [9.17, 15) is 38.4 Å². The van der Waals surface area contributed by atoms with Gasteiger partial charge in [0.2, 0.25) is 0 Å². The van der Waals surface area contributed by atoms with Crippen molar-refractivity contribution in [2.75, 3.05) is 32.2 Å². The van der Waals surface area contributed by atoms with E-state index in [0.29, 0.717) is 40.6 Å². The van der Waals surface area contributed by atoms with Crippen LogP contribution in [0.3, 0.4) is 0 Å². The Morgan fingerprint density at radius 2 is 1.13 bits per heavy atom. The van der Waals surface area contributed by atoms with Crippen molar-refractivity contribution in [3.63, 3.8) is 0 Å². The molecule has 0 aromatic heterocycles. The lowest BCUT2D eigenvalue weighted by Crippen LogP contribution is -2.58. The van der Waals surface area contributed by atoms with Gasteiger partial charge in [0.05, 0.1) is 40.0 Å². The number of benzene rings is 4. The molecule has 8 rings (SSSR count). The first-order chi connectivity index (χ1) is 32.4. The van der Waals surface area contributed by atoms with Gasteiger partial charge in [-0.1, -0.05) is 56.8 Å². The summed E-state index contributed by atoms with van der Waals surface area (Å²) in [4.78, 5) is 104. The maximum atomic E-state index is 14.2. The average Bonchev–Trinajstić information content (AvgIpc) is 3.33. The lowest BCUT2D eigenvalue weighted by Gasteiger charge is -2.60. The SMILES string of the molecule is C=CC(=O)COC(=O)c1ccc(C(C)(C)c2ccc(C(=O)OCC(=O)C=C)c(C(=O)Nc3ccc(C(=O)OC45CC6CC(CC(COC(=O)c7ccc(C)cc7)(C6)C4)C5)cc3)c2)cc1C(=O)NC. The second-order valence-electron chi connectivity index (χ2n) is 18.7. The van der Waals surface area contributed by atoms with Crippen LogP contribution in [0.2, 0.25) is 0 Å². The summed E-state index contributed by atoms with van der Waals surface area (Å²) in [7, 11) is 1.40. The van der Waals surface area contributed by atoms with Crippen molar-refractivity contribution in [1.29, 1.82) is 0 Å². The van der Waals surface area contributed by atoms with E-state index in [2.05, 4.69) is 23.8 Å². The smallest absolute Gasteiger partial charge is 0.339 e. The molecule has 0 aliphatic heterocycles. The van der Waals surface area contributed by atoms with E-state index in [1.807, 2.05) is 32.9 Å². The van der Waals surface area contributed by atoms with Crippen LogP contribution in [-0.2, 0) is 34.0 Å². The monoisotopic (exact) mass is 922 g/mol. The number of hydrogen-bond acceptors (Lipinski definition) is 12. The molecular weight excluding hydrogens is 869 g/mol. The van der Waals surface area contributed by atoms with E-state index in [1.54, 1.807) is 48.5 Å². The van der Waals surface area contributed by atoms with E-state index in [1.165, 1.54) is 31.3 Å². The van der Waals surface area contributed by atoms with Gasteiger partial charge in [0, 0.05) is 23.6 Å². The normalized spacial score (nSPS) is 20.0. The number of carbonyl (C=O) groups excluding carboxylic acids is 8. The van der Waals surface area contributed by atoms with Gasteiger partial charge in [-0.2, -0.15) is 0 Å². The fourth-order valence-electron chi connectivity index (χ4n) is 10.2. The minimum atomic E-state index is -0.968. The first kappa shape index (κ1) is 48.5. The molecule has 0 spiro atoms. The number of ether oxygens (including phenoxy) is 4. The summed E-state index contributed by atoms with van der Waals surface area (Å²) in [6, 6.07) is 22.5. The molecule has 4 aromatic carbocycles. The molecule has 0 saturated heterocycles. The molecule has 2 unspecified atom stereocenters. The number of amides is 2. The fourth-order valence-corrected chi connectivity index (χ4v) is 10.2. The number of aryl methyl sites for hydroxylation is 1. The second-order valence-corrected chi connectivity index (χ2v) is 18.7. The molecule has 4 aliphatic carbocycles. The van der Waals surface area contributed by atoms with Crippen molar-refractivity contribution in [2.24, 2.45) is 17.3 Å². The summed E-state index contributed by atoms with van der Waals surface area (Å²) in [5, 5.41) is 5.31. The average molecular weight is 923 g/mol. The van der Waals surface area contributed by atoms with Crippen LogP contribution in [0.4, 0.5) is 5.69 Å². The van der Waals surface area contributed by atoms with E-state index in [-0.39, 0.29) is 45.8 Å². The van der Waals surface area contributed by atoms with Crippen LogP contribution in [-0.4, -0.2) is 79.7 Å². The Balaban J connectivity index is 1.09. The molecule has 2 N–H and O–H groups in total. The van der Waals surface area contributed by atoms with Gasteiger partial charge >= 0.3 is 23.9 Å². The number of carbonyl (C=O) groups is 8. The van der Waals surface area contributed by atoms with Gasteiger partial charge in [-0.3, -0.25) is 19.2 Å². The summed E-state index contributed by atoms with van der Waals surface area (Å²) < 4.78 is 22.6. The Labute approximate surface area is 394 Å². The van der Waals surface area contributed by atoms with Gasteiger partial charge in [-0.05, 0) is 141 Å². The van der Waals surface area contributed by atoms with Crippen LogP contribution in [0.15, 0.2) is 110 Å². The zero-order valence-corrected chi connectivity index (χ0v) is 38.6. The maximum Gasteiger partial charge on any atom is 0.339 e. The minimum Gasteiger partial charge on any atom is -0.462 e. The van der Waals surface area contributed by atoms with Gasteiger partial charge in [-0.25, -0.2) is 19.2 Å². The molecule has 2 amide bonds. The largest absolute Gasteiger partial charge is 0.462 e.